The van der Waals surface area contributed by atoms with Crippen molar-refractivity contribution in [3.8, 4) is 11.1 Å². The first-order chi connectivity index (χ1) is 6.11. The van der Waals surface area contributed by atoms with E-state index in [1.165, 1.54) is 11.1 Å². The lowest BCUT2D eigenvalue weighted by molar-refractivity contribution is 0.448. The molecule has 0 atom stereocenters. The molecule has 0 aromatic heterocycles. The van der Waals surface area contributed by atoms with E-state index in [4.69, 9.17) is 18.5 Å². The largest absolute Gasteiger partial charge is 0.432 e. The first kappa shape index (κ1) is 15.6. The molecular weight excluding hydrogens is 205 g/mol. The summed E-state index contributed by atoms with van der Waals surface area (Å²) >= 11 is 0. The summed E-state index contributed by atoms with van der Waals surface area (Å²) < 4.78 is 17.6. The lowest BCUT2D eigenvalue weighted by atomic mass is 10.5. The second-order valence-electron chi connectivity index (χ2n) is 2.01. The van der Waals surface area contributed by atoms with E-state index in [2.05, 4.69) is 29.4 Å². The fourth-order valence-corrected chi connectivity index (χ4v) is 0.676. The summed E-state index contributed by atoms with van der Waals surface area (Å²) in [6, 6.07) is 8.48. The van der Waals surface area contributed by atoms with Crippen LogP contribution in [0.2, 0.25) is 0 Å². The molecule has 0 aliphatic heterocycles. The Kier molecular flexibility index (Phi) is 9.68. The number of benzene rings is 1. The van der Waals surface area contributed by atoms with Gasteiger partial charge in [-0.15, -0.1) is 0 Å². The Morgan fingerprint density at radius 3 is 1.57 bits per heavy atom. The Hall–Kier alpha value is -0.885. The van der Waals surface area contributed by atoms with Gasteiger partial charge in [-0.25, -0.2) is 13.6 Å². The minimum atomic E-state index is -2.62. The van der Waals surface area contributed by atoms with Crippen LogP contribution in [0.5, 0.6) is 0 Å². The zero-order chi connectivity index (χ0) is 10.3. The first-order valence-corrected chi connectivity index (χ1v) is 4.57. The molecule has 2 aliphatic carbocycles. The molecule has 0 fully saturated rings. The van der Waals surface area contributed by atoms with Gasteiger partial charge in [-0.2, -0.15) is 0 Å². The third-order valence-electron chi connectivity index (χ3n) is 1.11. The van der Waals surface area contributed by atoms with Crippen molar-refractivity contribution in [1.29, 1.82) is 0 Å². The van der Waals surface area contributed by atoms with E-state index < -0.39 is 18.6 Å². The molecule has 0 amide bonds. The third-order valence-corrected chi connectivity index (χ3v) is 1.11. The summed E-state index contributed by atoms with van der Waals surface area (Å²) in [7, 11) is -3.37. The van der Waals surface area contributed by atoms with Crippen LogP contribution in [0, 0.1) is 0 Å². The van der Waals surface area contributed by atoms with E-state index in [1.807, 2.05) is 0 Å². The third kappa shape index (κ3) is 9.20. The molecule has 0 aromatic rings. The SMILES string of the molecule is C.N[SH](=O)=O.OBO.c1cc2cc-2c1. The van der Waals surface area contributed by atoms with Crippen LogP contribution in [0.25, 0.3) is 11.1 Å². The van der Waals surface area contributed by atoms with E-state index in [0.717, 1.165) is 0 Å². The molecule has 7 heteroatoms. The Balaban J connectivity index is 0. The van der Waals surface area contributed by atoms with Crippen LogP contribution in [0.3, 0.4) is 0 Å². The molecule has 0 spiro atoms. The second kappa shape index (κ2) is 8.70. The van der Waals surface area contributed by atoms with Gasteiger partial charge in [0.2, 0.25) is 0 Å². The maximum Gasteiger partial charge on any atom is 0.432 e. The van der Waals surface area contributed by atoms with E-state index in [9.17, 15) is 0 Å². The van der Waals surface area contributed by atoms with Crippen molar-refractivity contribution in [3.05, 3.63) is 24.3 Å². The van der Waals surface area contributed by atoms with E-state index in [0.29, 0.717) is 0 Å². The molecule has 80 valence electrons. The second-order valence-corrected chi connectivity index (χ2v) is 2.58. The molecule has 2 aliphatic rings. The van der Waals surface area contributed by atoms with Crippen molar-refractivity contribution in [2.75, 3.05) is 0 Å². The summed E-state index contributed by atoms with van der Waals surface area (Å²) in [4.78, 5) is 0. The van der Waals surface area contributed by atoms with E-state index in [1.54, 1.807) is 0 Å². The number of thiol groups is 1. The van der Waals surface area contributed by atoms with E-state index in [-0.39, 0.29) is 7.43 Å². The zero-order valence-corrected chi connectivity index (χ0v) is 7.65. The zero-order valence-electron chi connectivity index (χ0n) is 6.75. The number of hydrogen-bond acceptors (Lipinski definition) is 4. The van der Waals surface area contributed by atoms with Gasteiger partial charge in [0.1, 0.15) is 0 Å². The van der Waals surface area contributed by atoms with Crippen molar-refractivity contribution in [2.45, 2.75) is 7.43 Å². The predicted octanol–water partition coefficient (Wildman–Crippen LogP) is -0.988. The molecule has 0 saturated carbocycles. The topological polar surface area (TPSA) is 101 Å². The lowest BCUT2D eigenvalue weighted by Crippen LogP contribution is -1.85. The van der Waals surface area contributed by atoms with Crippen LogP contribution in [-0.4, -0.2) is 26.2 Å². The van der Waals surface area contributed by atoms with Crippen molar-refractivity contribution in [3.63, 3.8) is 0 Å². The monoisotopic (exact) mass is 219 g/mol. The Bertz CT molecular complexity index is 304. The highest BCUT2D eigenvalue weighted by atomic mass is 32.2. The van der Waals surface area contributed by atoms with Crippen LogP contribution < -0.4 is 5.14 Å². The maximum absolute atomic E-state index is 8.81. The highest BCUT2D eigenvalue weighted by Crippen LogP contribution is 2.32. The minimum Gasteiger partial charge on any atom is -0.430 e. The average molecular weight is 219 g/mol. The molecule has 0 saturated heterocycles. The molecule has 0 bridgehead atoms. The first-order valence-electron chi connectivity index (χ1n) is 3.33. The van der Waals surface area contributed by atoms with Crippen LogP contribution in [0.1, 0.15) is 7.43 Å². The molecule has 5 nitrogen and oxygen atoms in total. The van der Waals surface area contributed by atoms with Gasteiger partial charge >= 0.3 is 7.69 Å². The molecule has 4 N–H and O–H groups in total. The number of nitrogens with two attached hydrogens (primary N) is 1. The van der Waals surface area contributed by atoms with Crippen LogP contribution in [-0.2, 0) is 10.9 Å². The highest BCUT2D eigenvalue weighted by Gasteiger charge is 2.06. The molecule has 0 unspecified atom stereocenters. The highest BCUT2D eigenvalue weighted by molar-refractivity contribution is 7.69. The van der Waals surface area contributed by atoms with Crippen molar-refractivity contribution >= 4 is 18.6 Å². The molecular formula is C7H14BNO4S. The van der Waals surface area contributed by atoms with Gasteiger partial charge in [-0.3, -0.25) is 0 Å². The standard InChI is InChI=1S/C6H4.CH4.BH3O2.H3NO2S/c1-2-5-4-6(5)3-1;;2-1-3;1-4(2)3/h1-4H;1H4;1-3H;4H,(H2,1,2,3). The summed E-state index contributed by atoms with van der Waals surface area (Å²) in [6.45, 7) is 0. The summed E-state index contributed by atoms with van der Waals surface area (Å²) in [5.74, 6) is 0. The normalized spacial score (nSPS) is 8.29. The molecule has 0 aromatic carbocycles. The number of hydrogen-bond donors (Lipinski definition) is 4. The molecule has 2 rings (SSSR count). The van der Waals surface area contributed by atoms with Gasteiger partial charge in [0, 0.05) is 0 Å². The van der Waals surface area contributed by atoms with Gasteiger partial charge in [0.25, 0.3) is 0 Å². The van der Waals surface area contributed by atoms with Gasteiger partial charge in [-0.1, -0.05) is 25.6 Å². The molecule has 0 heterocycles. The average Bonchev–Trinajstić information content (AvgIpc) is 2.60. The van der Waals surface area contributed by atoms with E-state index >= 15 is 0 Å². The Labute approximate surface area is 85.6 Å². The number of rotatable bonds is 0. The molecule has 0 radical (unpaired) electrons. The lowest BCUT2D eigenvalue weighted by Gasteiger charge is -1.48. The number of fused-ring (bicyclic) bond motifs is 1. The smallest absolute Gasteiger partial charge is 0.430 e. The van der Waals surface area contributed by atoms with Gasteiger partial charge in [0.05, 0.1) is 0 Å². The maximum atomic E-state index is 8.81. The minimum absolute atomic E-state index is 0. The van der Waals surface area contributed by atoms with Crippen LogP contribution in [0.4, 0.5) is 0 Å². The van der Waals surface area contributed by atoms with Gasteiger partial charge < -0.3 is 10.0 Å². The summed E-state index contributed by atoms with van der Waals surface area (Å²) in [6.07, 6.45) is 0. The molecule has 14 heavy (non-hydrogen) atoms. The fourth-order valence-electron chi connectivity index (χ4n) is 0.676. The quantitative estimate of drug-likeness (QED) is 0.337. The van der Waals surface area contributed by atoms with Gasteiger partial charge in [0.15, 0.2) is 10.9 Å². The van der Waals surface area contributed by atoms with Crippen LogP contribution in [0.15, 0.2) is 24.3 Å². The van der Waals surface area contributed by atoms with Crippen LogP contribution >= 0.6 is 0 Å². The Morgan fingerprint density at radius 1 is 1.21 bits per heavy atom. The fraction of sp³-hybridized carbons (Fsp3) is 0.143. The summed E-state index contributed by atoms with van der Waals surface area (Å²) in [5, 5.41) is 18.3. The predicted molar refractivity (Wildman–Crippen MR) is 58.3 cm³/mol. The van der Waals surface area contributed by atoms with Crippen molar-refractivity contribution in [2.24, 2.45) is 5.14 Å². The van der Waals surface area contributed by atoms with Gasteiger partial charge in [-0.05, 0) is 17.2 Å². The summed E-state index contributed by atoms with van der Waals surface area (Å²) in [5.41, 5.74) is 2.85. The van der Waals surface area contributed by atoms with Crippen molar-refractivity contribution in [1.82, 2.24) is 0 Å². The van der Waals surface area contributed by atoms with Crippen molar-refractivity contribution < 1.29 is 18.5 Å². The Morgan fingerprint density at radius 2 is 1.50 bits per heavy atom.